The predicted molar refractivity (Wildman–Crippen MR) is 102 cm³/mol. The van der Waals surface area contributed by atoms with Gasteiger partial charge in [-0.15, -0.1) is 0 Å². The lowest BCUT2D eigenvalue weighted by Gasteiger charge is -2.18. The number of nitro groups is 1. The van der Waals surface area contributed by atoms with Crippen molar-refractivity contribution in [2.75, 3.05) is 19.8 Å². The number of hydrogen-bond acceptors (Lipinski definition) is 8. The number of benzene rings is 1. The van der Waals surface area contributed by atoms with E-state index in [-0.39, 0.29) is 22.8 Å². The molecule has 0 radical (unpaired) electrons. The molecule has 1 heterocycles. The standard InChI is InChI=1S/C19H22N2O8/c1-5-26-14-9-12(10-15(27-6-2)17(14)28-7-3)19(23)29-13-8-11(4)20-18(22)16(13)21(24)25/h8-10,16H,5-7H2,1-4H3. The second-order valence-electron chi connectivity index (χ2n) is 5.82. The minimum atomic E-state index is -1.87. The highest BCUT2D eigenvalue weighted by Gasteiger charge is 2.40. The van der Waals surface area contributed by atoms with Crippen LogP contribution in [-0.2, 0) is 9.53 Å². The summed E-state index contributed by atoms with van der Waals surface area (Å²) in [6.07, 6.45) is 1.19. The van der Waals surface area contributed by atoms with Gasteiger partial charge < -0.3 is 18.9 Å². The Balaban J connectivity index is 2.42. The average molecular weight is 406 g/mol. The summed E-state index contributed by atoms with van der Waals surface area (Å²) in [5.74, 6) is -1.44. The van der Waals surface area contributed by atoms with E-state index in [0.29, 0.717) is 25.6 Å². The first-order chi connectivity index (χ1) is 13.8. The lowest BCUT2D eigenvalue weighted by Crippen LogP contribution is -2.35. The van der Waals surface area contributed by atoms with E-state index in [1.54, 1.807) is 20.8 Å². The lowest BCUT2D eigenvalue weighted by atomic mass is 10.1. The van der Waals surface area contributed by atoms with Crippen molar-refractivity contribution in [1.82, 2.24) is 0 Å². The van der Waals surface area contributed by atoms with Gasteiger partial charge in [-0.2, -0.15) is 0 Å². The van der Waals surface area contributed by atoms with Crippen LogP contribution in [0, 0.1) is 10.1 Å². The van der Waals surface area contributed by atoms with Crippen LogP contribution in [0.1, 0.15) is 38.1 Å². The van der Waals surface area contributed by atoms with Gasteiger partial charge >= 0.3 is 17.9 Å². The van der Waals surface area contributed by atoms with Gasteiger partial charge in [0.25, 0.3) is 0 Å². The third kappa shape index (κ3) is 5.09. The zero-order valence-corrected chi connectivity index (χ0v) is 16.6. The number of esters is 1. The number of ether oxygens (including phenoxy) is 4. The maximum absolute atomic E-state index is 12.7. The first kappa shape index (κ1) is 21.9. The van der Waals surface area contributed by atoms with Gasteiger partial charge in [-0.05, 0) is 39.8 Å². The number of carbonyl (C=O) groups excluding carboxylic acids is 2. The second kappa shape index (κ2) is 9.67. The van der Waals surface area contributed by atoms with Crippen molar-refractivity contribution in [3.8, 4) is 17.2 Å². The van der Waals surface area contributed by atoms with Crippen molar-refractivity contribution < 1.29 is 33.5 Å². The van der Waals surface area contributed by atoms with E-state index in [9.17, 15) is 19.7 Å². The minimum absolute atomic E-state index is 0.0240. The Morgan fingerprint density at radius 2 is 1.66 bits per heavy atom. The molecule has 1 aromatic rings. The summed E-state index contributed by atoms with van der Waals surface area (Å²) in [7, 11) is 0. The van der Waals surface area contributed by atoms with Crippen molar-refractivity contribution in [1.29, 1.82) is 0 Å². The number of dihydropyridines is 1. The Morgan fingerprint density at radius 3 is 2.14 bits per heavy atom. The number of allylic oxidation sites excluding steroid dienone is 1. The molecule has 0 bridgehead atoms. The molecule has 1 unspecified atom stereocenters. The zero-order chi connectivity index (χ0) is 21.6. The van der Waals surface area contributed by atoms with Crippen molar-refractivity contribution in [3.63, 3.8) is 0 Å². The van der Waals surface area contributed by atoms with Crippen LogP contribution in [0.4, 0.5) is 0 Å². The Bertz CT molecular complexity index is 848. The molecule has 10 heteroatoms. The Hall–Kier alpha value is -3.43. The third-order valence-corrected chi connectivity index (χ3v) is 3.71. The highest BCUT2D eigenvalue weighted by molar-refractivity contribution is 6.07. The predicted octanol–water partition coefficient (Wildman–Crippen LogP) is 2.57. The van der Waals surface area contributed by atoms with Crippen LogP contribution in [0.2, 0.25) is 0 Å². The molecule has 1 aliphatic heterocycles. The van der Waals surface area contributed by atoms with Gasteiger partial charge in [0, 0.05) is 16.7 Å². The van der Waals surface area contributed by atoms with Gasteiger partial charge in [0.2, 0.25) is 5.75 Å². The van der Waals surface area contributed by atoms with Crippen LogP contribution < -0.4 is 14.2 Å². The fourth-order valence-electron chi connectivity index (χ4n) is 2.63. The van der Waals surface area contributed by atoms with E-state index in [0.717, 1.165) is 0 Å². The van der Waals surface area contributed by atoms with E-state index in [4.69, 9.17) is 18.9 Å². The molecule has 0 aliphatic carbocycles. The van der Waals surface area contributed by atoms with Crippen LogP contribution in [0.25, 0.3) is 0 Å². The van der Waals surface area contributed by atoms with Crippen molar-refractivity contribution in [2.45, 2.75) is 33.7 Å². The molecule has 0 N–H and O–H groups in total. The molecule has 10 nitrogen and oxygen atoms in total. The van der Waals surface area contributed by atoms with Crippen LogP contribution in [0.3, 0.4) is 0 Å². The summed E-state index contributed by atoms with van der Waals surface area (Å²) in [6, 6.07) is 0.919. The van der Waals surface area contributed by atoms with Crippen molar-refractivity contribution in [3.05, 3.63) is 39.6 Å². The van der Waals surface area contributed by atoms with E-state index < -0.39 is 28.6 Å². The highest BCUT2D eigenvalue weighted by Crippen LogP contribution is 2.39. The Kier molecular flexibility index (Phi) is 7.29. The maximum Gasteiger partial charge on any atom is 0.348 e. The Morgan fingerprint density at radius 1 is 1.10 bits per heavy atom. The fourth-order valence-corrected chi connectivity index (χ4v) is 2.63. The summed E-state index contributed by atoms with van der Waals surface area (Å²) < 4.78 is 21.8. The monoisotopic (exact) mass is 406 g/mol. The molecule has 0 spiro atoms. The molecule has 1 atom stereocenters. The largest absolute Gasteiger partial charge is 0.490 e. The number of rotatable bonds is 9. The molecule has 0 saturated carbocycles. The number of carbonyl (C=O) groups is 2. The van der Waals surface area contributed by atoms with Gasteiger partial charge in [-0.1, -0.05) is 0 Å². The summed E-state index contributed by atoms with van der Waals surface area (Å²) in [4.78, 5) is 38.4. The van der Waals surface area contributed by atoms with E-state index in [1.165, 1.54) is 25.1 Å². The summed E-state index contributed by atoms with van der Waals surface area (Å²) in [5.41, 5.74) is 0.226. The second-order valence-corrected chi connectivity index (χ2v) is 5.82. The van der Waals surface area contributed by atoms with Gasteiger partial charge in [-0.3, -0.25) is 14.9 Å². The molecule has 0 fully saturated rings. The number of aliphatic imine (C=N–C) groups is 1. The zero-order valence-electron chi connectivity index (χ0n) is 16.6. The first-order valence-electron chi connectivity index (χ1n) is 9.05. The molecule has 1 aliphatic rings. The quantitative estimate of drug-likeness (QED) is 0.348. The van der Waals surface area contributed by atoms with Gasteiger partial charge in [-0.25, -0.2) is 9.79 Å². The SMILES string of the molecule is CCOc1cc(C(=O)OC2=CC(C)=NC(=O)C2[N+](=O)[O-])cc(OCC)c1OCC. The third-order valence-electron chi connectivity index (χ3n) is 3.71. The lowest BCUT2D eigenvalue weighted by molar-refractivity contribution is -0.501. The fraction of sp³-hybridized carbons (Fsp3) is 0.421. The van der Waals surface area contributed by atoms with Crippen molar-refractivity contribution in [2.24, 2.45) is 4.99 Å². The van der Waals surface area contributed by atoms with E-state index in [1.807, 2.05) is 0 Å². The molecule has 29 heavy (non-hydrogen) atoms. The molecular weight excluding hydrogens is 384 g/mol. The van der Waals surface area contributed by atoms with Crippen molar-refractivity contribution >= 4 is 17.6 Å². The summed E-state index contributed by atoms with van der Waals surface area (Å²) in [5, 5.41) is 11.2. The van der Waals surface area contributed by atoms with Gasteiger partial charge in [0.05, 0.1) is 25.4 Å². The molecule has 2 rings (SSSR count). The molecule has 0 saturated heterocycles. The van der Waals surface area contributed by atoms with E-state index in [2.05, 4.69) is 4.99 Å². The number of amides is 1. The topological polar surface area (TPSA) is 127 Å². The summed E-state index contributed by atoms with van der Waals surface area (Å²) in [6.45, 7) is 7.77. The summed E-state index contributed by atoms with van der Waals surface area (Å²) >= 11 is 0. The molecular formula is C19H22N2O8. The number of hydrogen-bond donors (Lipinski definition) is 0. The minimum Gasteiger partial charge on any atom is -0.490 e. The Labute approximate surface area is 167 Å². The van der Waals surface area contributed by atoms with Crippen LogP contribution >= 0.6 is 0 Å². The van der Waals surface area contributed by atoms with Crippen LogP contribution in [-0.4, -0.2) is 48.4 Å². The van der Waals surface area contributed by atoms with Crippen LogP contribution in [0.5, 0.6) is 17.2 Å². The van der Waals surface area contributed by atoms with Crippen LogP contribution in [0.15, 0.2) is 29.0 Å². The van der Waals surface area contributed by atoms with Gasteiger partial charge in [0.15, 0.2) is 17.3 Å². The van der Waals surface area contributed by atoms with Gasteiger partial charge in [0.1, 0.15) is 0 Å². The molecule has 156 valence electrons. The first-order valence-corrected chi connectivity index (χ1v) is 9.05. The number of nitrogens with zero attached hydrogens (tertiary/aromatic N) is 2. The smallest absolute Gasteiger partial charge is 0.348 e. The molecule has 1 amide bonds. The maximum atomic E-state index is 12.7. The normalized spacial score (nSPS) is 15.9. The van der Waals surface area contributed by atoms with E-state index >= 15 is 0 Å². The average Bonchev–Trinajstić information content (AvgIpc) is 2.63. The highest BCUT2D eigenvalue weighted by atomic mass is 16.6. The molecule has 1 aromatic carbocycles. The molecule has 0 aromatic heterocycles.